The van der Waals surface area contributed by atoms with Crippen molar-refractivity contribution < 1.29 is 10.2 Å². The molecular weight excluding hydrogens is 250 g/mol. The van der Waals surface area contributed by atoms with Crippen molar-refractivity contribution in [1.82, 2.24) is 4.90 Å². The zero-order valence-electron chi connectivity index (χ0n) is 12.7. The Labute approximate surface area is 122 Å². The van der Waals surface area contributed by atoms with Crippen LogP contribution in [0.1, 0.15) is 56.6 Å². The Hall–Kier alpha value is -1.22. The van der Waals surface area contributed by atoms with E-state index in [1.807, 2.05) is 0 Å². The van der Waals surface area contributed by atoms with Crippen molar-refractivity contribution in [2.24, 2.45) is 0 Å². The highest BCUT2D eigenvalue weighted by Gasteiger charge is 2.23. The van der Waals surface area contributed by atoms with Gasteiger partial charge in [-0.2, -0.15) is 0 Å². The van der Waals surface area contributed by atoms with Crippen LogP contribution in [0.15, 0.2) is 12.1 Å². The van der Waals surface area contributed by atoms with E-state index in [9.17, 15) is 10.2 Å². The highest BCUT2D eigenvalue weighted by molar-refractivity contribution is 5.47. The molecule has 0 saturated heterocycles. The van der Waals surface area contributed by atoms with Gasteiger partial charge in [0.1, 0.15) is 0 Å². The lowest BCUT2D eigenvalue weighted by molar-refractivity contribution is 0.248. The van der Waals surface area contributed by atoms with Crippen LogP contribution in [-0.2, 0) is 6.42 Å². The smallest absolute Gasteiger partial charge is 0.157 e. The number of hydrogen-bond acceptors (Lipinski definition) is 3. The molecule has 1 aliphatic rings. The number of phenolic OH excluding ortho intramolecular Hbond substituents is 2. The van der Waals surface area contributed by atoms with Crippen LogP contribution in [0.2, 0.25) is 0 Å². The number of phenols is 2. The highest BCUT2D eigenvalue weighted by Crippen LogP contribution is 2.38. The molecule has 1 aromatic carbocycles. The molecule has 1 aliphatic carbocycles. The third-order valence-corrected chi connectivity index (χ3v) is 4.23. The molecule has 0 bridgehead atoms. The molecule has 1 atom stereocenters. The van der Waals surface area contributed by atoms with Crippen molar-refractivity contribution in [2.75, 3.05) is 19.6 Å². The summed E-state index contributed by atoms with van der Waals surface area (Å²) in [6.45, 7) is 7.80. The summed E-state index contributed by atoms with van der Waals surface area (Å²) < 4.78 is 0. The Balaban J connectivity index is 2.16. The van der Waals surface area contributed by atoms with Crippen LogP contribution >= 0.6 is 0 Å². The highest BCUT2D eigenvalue weighted by atomic mass is 16.3. The van der Waals surface area contributed by atoms with E-state index >= 15 is 0 Å². The topological polar surface area (TPSA) is 43.7 Å². The van der Waals surface area contributed by atoms with Crippen LogP contribution < -0.4 is 0 Å². The van der Waals surface area contributed by atoms with Gasteiger partial charge in [0.15, 0.2) is 11.5 Å². The third kappa shape index (κ3) is 3.45. The number of aryl methyl sites for hydroxylation is 1. The van der Waals surface area contributed by atoms with E-state index in [0.717, 1.165) is 26.1 Å². The van der Waals surface area contributed by atoms with Crippen molar-refractivity contribution in [3.05, 3.63) is 23.3 Å². The first-order valence-corrected chi connectivity index (χ1v) is 7.92. The normalized spacial score (nSPS) is 18.2. The lowest BCUT2D eigenvalue weighted by atomic mass is 9.82. The maximum absolute atomic E-state index is 9.77. The number of rotatable bonds is 6. The number of fused-ring (bicyclic) bond motifs is 1. The van der Waals surface area contributed by atoms with Crippen molar-refractivity contribution in [3.8, 4) is 11.5 Å². The average molecular weight is 277 g/mol. The summed E-state index contributed by atoms with van der Waals surface area (Å²) in [5, 5.41) is 19.4. The van der Waals surface area contributed by atoms with Crippen molar-refractivity contribution >= 4 is 0 Å². The SMILES string of the molecule is CCCN(CCC)C[C@@H]1CCCc2cc(O)c(O)cc21. The Kier molecular flexibility index (Phi) is 5.30. The number of benzene rings is 1. The van der Waals surface area contributed by atoms with Crippen molar-refractivity contribution in [1.29, 1.82) is 0 Å². The lowest BCUT2D eigenvalue weighted by Gasteiger charge is -2.31. The number of aromatic hydroxyl groups is 2. The molecule has 0 amide bonds. The summed E-state index contributed by atoms with van der Waals surface area (Å²) in [6, 6.07) is 3.53. The zero-order chi connectivity index (χ0) is 14.5. The summed E-state index contributed by atoms with van der Waals surface area (Å²) in [5.74, 6) is 0.528. The van der Waals surface area contributed by atoms with E-state index in [4.69, 9.17) is 0 Å². The molecule has 0 heterocycles. The molecule has 2 rings (SSSR count). The second-order valence-corrected chi connectivity index (χ2v) is 5.93. The first-order valence-electron chi connectivity index (χ1n) is 7.92. The fourth-order valence-electron chi connectivity index (χ4n) is 3.36. The van der Waals surface area contributed by atoms with Gasteiger partial charge in [0.2, 0.25) is 0 Å². The second kappa shape index (κ2) is 6.98. The van der Waals surface area contributed by atoms with Crippen LogP contribution in [0.25, 0.3) is 0 Å². The molecule has 112 valence electrons. The average Bonchev–Trinajstić information content (AvgIpc) is 2.41. The summed E-state index contributed by atoms with van der Waals surface area (Å²) in [4.78, 5) is 2.53. The maximum atomic E-state index is 9.77. The minimum Gasteiger partial charge on any atom is -0.504 e. The molecule has 3 heteroatoms. The molecule has 2 N–H and O–H groups in total. The molecule has 3 nitrogen and oxygen atoms in total. The first kappa shape index (κ1) is 15.2. The van der Waals surface area contributed by atoms with E-state index in [0.29, 0.717) is 5.92 Å². The summed E-state index contributed by atoms with van der Waals surface area (Å²) in [5.41, 5.74) is 2.45. The Morgan fingerprint density at radius 2 is 1.75 bits per heavy atom. The molecule has 0 aliphatic heterocycles. The van der Waals surface area contributed by atoms with Crippen LogP contribution in [0.5, 0.6) is 11.5 Å². The van der Waals surface area contributed by atoms with E-state index < -0.39 is 0 Å². The predicted octanol–water partition coefficient (Wildman–Crippen LogP) is 3.64. The second-order valence-electron chi connectivity index (χ2n) is 5.93. The van der Waals surface area contributed by atoms with Crippen molar-refractivity contribution in [3.63, 3.8) is 0 Å². The van der Waals surface area contributed by atoms with Gasteiger partial charge in [0.25, 0.3) is 0 Å². The van der Waals surface area contributed by atoms with Gasteiger partial charge in [-0.25, -0.2) is 0 Å². The molecule has 0 fully saturated rings. The van der Waals surface area contributed by atoms with Crippen LogP contribution in [0.3, 0.4) is 0 Å². The summed E-state index contributed by atoms with van der Waals surface area (Å²) in [6.07, 6.45) is 5.73. The minimum absolute atomic E-state index is 0.0170. The number of nitrogens with zero attached hydrogens (tertiary/aromatic N) is 1. The molecule has 20 heavy (non-hydrogen) atoms. The monoisotopic (exact) mass is 277 g/mol. The molecule has 0 saturated carbocycles. The first-order chi connectivity index (χ1) is 9.65. The summed E-state index contributed by atoms with van der Waals surface area (Å²) >= 11 is 0. The molecule has 0 radical (unpaired) electrons. The molecular formula is C17H27NO2. The molecule has 0 unspecified atom stereocenters. The van der Waals surface area contributed by atoms with E-state index in [1.54, 1.807) is 12.1 Å². The van der Waals surface area contributed by atoms with Gasteiger partial charge in [-0.3, -0.25) is 0 Å². The molecule has 0 spiro atoms. The maximum Gasteiger partial charge on any atom is 0.157 e. The summed E-state index contributed by atoms with van der Waals surface area (Å²) in [7, 11) is 0. The van der Waals surface area contributed by atoms with Gasteiger partial charge in [0.05, 0.1) is 0 Å². The van der Waals surface area contributed by atoms with Crippen molar-refractivity contribution in [2.45, 2.75) is 51.9 Å². The van der Waals surface area contributed by atoms with E-state index in [2.05, 4.69) is 18.7 Å². The van der Waals surface area contributed by atoms with Gasteiger partial charge in [-0.15, -0.1) is 0 Å². The quantitative estimate of drug-likeness (QED) is 0.780. The third-order valence-electron chi connectivity index (χ3n) is 4.23. The van der Waals surface area contributed by atoms with Gasteiger partial charge in [-0.05, 0) is 74.4 Å². The molecule has 1 aromatic rings. The fraction of sp³-hybridized carbons (Fsp3) is 0.647. The van der Waals surface area contributed by atoms with Crippen LogP contribution in [-0.4, -0.2) is 34.7 Å². The standard InChI is InChI=1S/C17H27NO2/c1-3-8-18(9-4-2)12-14-7-5-6-13-10-16(19)17(20)11-15(13)14/h10-11,14,19-20H,3-9,12H2,1-2H3/t14-/m0/s1. The zero-order valence-corrected chi connectivity index (χ0v) is 12.7. The lowest BCUT2D eigenvalue weighted by Crippen LogP contribution is -2.31. The van der Waals surface area contributed by atoms with Gasteiger partial charge < -0.3 is 15.1 Å². The van der Waals surface area contributed by atoms with E-state index in [1.165, 1.54) is 36.8 Å². The Morgan fingerprint density at radius 1 is 1.10 bits per heavy atom. The van der Waals surface area contributed by atoms with Gasteiger partial charge in [-0.1, -0.05) is 13.8 Å². The minimum atomic E-state index is 0.0170. The van der Waals surface area contributed by atoms with E-state index in [-0.39, 0.29) is 11.5 Å². The van der Waals surface area contributed by atoms with Gasteiger partial charge in [0, 0.05) is 6.54 Å². The largest absolute Gasteiger partial charge is 0.504 e. The van der Waals surface area contributed by atoms with Gasteiger partial charge >= 0.3 is 0 Å². The Bertz CT molecular complexity index is 439. The fourth-order valence-corrected chi connectivity index (χ4v) is 3.36. The predicted molar refractivity (Wildman–Crippen MR) is 82.5 cm³/mol. The van der Waals surface area contributed by atoms with Crippen LogP contribution in [0, 0.1) is 0 Å². The van der Waals surface area contributed by atoms with Crippen LogP contribution in [0.4, 0.5) is 0 Å². The molecule has 0 aromatic heterocycles. The number of hydrogen-bond donors (Lipinski definition) is 2. The Morgan fingerprint density at radius 3 is 2.40 bits per heavy atom.